The summed E-state index contributed by atoms with van der Waals surface area (Å²) in [5, 5.41) is 11.1. The van der Waals surface area contributed by atoms with Crippen LogP contribution in [0.5, 0.6) is 5.75 Å². The first kappa shape index (κ1) is 27.8. The van der Waals surface area contributed by atoms with Crippen molar-refractivity contribution in [1.82, 2.24) is 15.5 Å². The first-order valence-corrected chi connectivity index (χ1v) is 13.9. The number of nitrogens with zero attached hydrogens (tertiary/aromatic N) is 2. The van der Waals surface area contributed by atoms with Crippen LogP contribution >= 0.6 is 11.3 Å². The Kier molecular flexibility index (Phi) is 7.66. The smallest absolute Gasteiger partial charge is 0.416 e. The van der Waals surface area contributed by atoms with E-state index in [-0.39, 0.29) is 41.8 Å². The molecule has 0 radical (unpaired) electrons. The standard InChI is InChI=1S/C24H24F4N4O4S2/c1-4-36-19-11-15(24(26,27)28)5-6-17(19)21(33)29-16-7-13-9-18(25)20(10-14(13)8-16)38(34,35)32-23-31-30-22(37-23)12(2)3/h5-6,9-12,16H,4,7-8H2,1-3H3,(H,29,33)(H,31,32). The van der Waals surface area contributed by atoms with E-state index < -0.39 is 44.4 Å². The summed E-state index contributed by atoms with van der Waals surface area (Å²) in [6.07, 6.45) is -4.19. The highest BCUT2D eigenvalue weighted by Crippen LogP contribution is 2.34. The van der Waals surface area contributed by atoms with Crippen molar-refractivity contribution in [1.29, 1.82) is 0 Å². The summed E-state index contributed by atoms with van der Waals surface area (Å²) in [4.78, 5) is 12.3. The van der Waals surface area contributed by atoms with Crippen molar-refractivity contribution >= 4 is 32.4 Å². The number of hydrogen-bond donors (Lipinski definition) is 2. The lowest BCUT2D eigenvalue weighted by atomic mass is 10.1. The Morgan fingerprint density at radius 3 is 2.45 bits per heavy atom. The van der Waals surface area contributed by atoms with Crippen LogP contribution in [0.15, 0.2) is 35.2 Å². The predicted molar refractivity (Wildman–Crippen MR) is 132 cm³/mol. The number of benzene rings is 2. The van der Waals surface area contributed by atoms with E-state index >= 15 is 0 Å². The number of carbonyl (C=O) groups is 1. The number of hydrogen-bond acceptors (Lipinski definition) is 7. The van der Waals surface area contributed by atoms with Gasteiger partial charge in [-0.3, -0.25) is 9.52 Å². The van der Waals surface area contributed by atoms with Gasteiger partial charge in [0.15, 0.2) is 0 Å². The van der Waals surface area contributed by atoms with Crippen LogP contribution in [0.4, 0.5) is 22.7 Å². The average molecular weight is 573 g/mol. The van der Waals surface area contributed by atoms with E-state index in [2.05, 4.69) is 20.2 Å². The van der Waals surface area contributed by atoms with E-state index in [0.29, 0.717) is 16.1 Å². The largest absolute Gasteiger partial charge is 0.493 e. The number of alkyl halides is 3. The molecule has 2 aromatic carbocycles. The summed E-state index contributed by atoms with van der Waals surface area (Å²) < 4.78 is 87.4. The van der Waals surface area contributed by atoms with Crippen LogP contribution in [-0.2, 0) is 29.0 Å². The van der Waals surface area contributed by atoms with Gasteiger partial charge in [0.25, 0.3) is 15.9 Å². The molecular formula is C24H24F4N4O4S2. The summed E-state index contributed by atoms with van der Waals surface area (Å²) in [6.45, 7) is 5.39. The van der Waals surface area contributed by atoms with Crippen LogP contribution < -0.4 is 14.8 Å². The van der Waals surface area contributed by atoms with Crippen LogP contribution in [0.2, 0.25) is 0 Å². The minimum atomic E-state index is -4.60. The Hall–Kier alpha value is -3.26. The summed E-state index contributed by atoms with van der Waals surface area (Å²) >= 11 is 1.05. The van der Waals surface area contributed by atoms with Crippen molar-refractivity contribution in [3.05, 3.63) is 63.4 Å². The Morgan fingerprint density at radius 1 is 1.16 bits per heavy atom. The molecule has 0 saturated heterocycles. The molecule has 0 saturated carbocycles. The molecule has 14 heteroatoms. The van der Waals surface area contributed by atoms with Gasteiger partial charge in [0.1, 0.15) is 21.5 Å². The highest BCUT2D eigenvalue weighted by Gasteiger charge is 2.33. The second-order valence-electron chi connectivity index (χ2n) is 8.98. The van der Waals surface area contributed by atoms with Gasteiger partial charge in [-0.25, -0.2) is 12.8 Å². The predicted octanol–water partition coefficient (Wildman–Crippen LogP) is 4.92. The molecule has 1 heterocycles. The van der Waals surface area contributed by atoms with Gasteiger partial charge in [-0.1, -0.05) is 25.2 Å². The lowest BCUT2D eigenvalue weighted by molar-refractivity contribution is -0.137. The van der Waals surface area contributed by atoms with Gasteiger partial charge in [0, 0.05) is 12.0 Å². The SMILES string of the molecule is CCOc1cc(C(F)(F)F)ccc1C(=O)NC1Cc2cc(F)c(S(=O)(=O)Nc3nnc(C(C)C)s3)cc2C1. The van der Waals surface area contributed by atoms with Crippen LogP contribution in [0.25, 0.3) is 0 Å². The van der Waals surface area contributed by atoms with Gasteiger partial charge in [0.2, 0.25) is 5.13 Å². The molecule has 0 spiro atoms. The quantitative estimate of drug-likeness (QED) is 0.371. The van der Waals surface area contributed by atoms with Crippen molar-refractivity contribution in [3.8, 4) is 5.75 Å². The monoisotopic (exact) mass is 572 g/mol. The highest BCUT2D eigenvalue weighted by molar-refractivity contribution is 7.93. The molecule has 1 aromatic heterocycles. The molecule has 3 aromatic rings. The highest BCUT2D eigenvalue weighted by atomic mass is 32.2. The van der Waals surface area contributed by atoms with Crippen LogP contribution in [0.1, 0.15) is 58.7 Å². The molecule has 1 aliphatic rings. The zero-order valence-electron chi connectivity index (χ0n) is 20.5. The Balaban J connectivity index is 1.51. The average Bonchev–Trinajstić information content (AvgIpc) is 3.43. The number of halogens is 4. The van der Waals surface area contributed by atoms with Crippen molar-refractivity contribution in [2.45, 2.75) is 56.6 Å². The zero-order valence-corrected chi connectivity index (χ0v) is 22.2. The molecule has 8 nitrogen and oxygen atoms in total. The number of carbonyl (C=O) groups excluding carboxylic acids is 1. The van der Waals surface area contributed by atoms with E-state index in [1.165, 1.54) is 6.07 Å². The van der Waals surface area contributed by atoms with E-state index in [0.717, 1.165) is 35.6 Å². The number of nitrogens with one attached hydrogen (secondary N) is 2. The third kappa shape index (κ3) is 5.90. The fourth-order valence-corrected chi connectivity index (χ4v) is 6.12. The molecule has 0 bridgehead atoms. The Bertz CT molecular complexity index is 1470. The second kappa shape index (κ2) is 10.5. The van der Waals surface area contributed by atoms with Gasteiger partial charge in [0.05, 0.1) is 17.7 Å². The number of aromatic nitrogens is 2. The third-order valence-corrected chi connectivity index (χ3v) is 8.44. The van der Waals surface area contributed by atoms with Crippen molar-refractivity contribution in [2.75, 3.05) is 11.3 Å². The minimum absolute atomic E-state index is 0.0142. The molecular weight excluding hydrogens is 548 g/mol. The maximum atomic E-state index is 14.9. The first-order valence-electron chi connectivity index (χ1n) is 11.6. The topological polar surface area (TPSA) is 110 Å². The third-order valence-electron chi connectivity index (χ3n) is 5.82. The number of rotatable bonds is 8. The Morgan fingerprint density at radius 2 is 1.84 bits per heavy atom. The lowest BCUT2D eigenvalue weighted by Gasteiger charge is -2.16. The summed E-state index contributed by atoms with van der Waals surface area (Å²) in [5.74, 6) is -1.79. The van der Waals surface area contributed by atoms with Gasteiger partial charge in [-0.05, 0) is 61.2 Å². The number of ether oxygens (including phenoxy) is 1. The summed E-state index contributed by atoms with van der Waals surface area (Å²) in [5.41, 5.74) is 0.0155. The number of sulfonamides is 1. The van der Waals surface area contributed by atoms with Gasteiger partial charge in [-0.2, -0.15) is 13.2 Å². The fourth-order valence-electron chi connectivity index (χ4n) is 4.03. The second-order valence-corrected chi connectivity index (χ2v) is 11.6. The molecule has 0 aliphatic heterocycles. The Labute approximate surface area is 220 Å². The molecule has 38 heavy (non-hydrogen) atoms. The molecule has 1 amide bonds. The lowest BCUT2D eigenvalue weighted by Crippen LogP contribution is -2.35. The van der Waals surface area contributed by atoms with E-state index in [1.807, 2.05) is 13.8 Å². The minimum Gasteiger partial charge on any atom is -0.493 e. The molecule has 2 N–H and O–H groups in total. The maximum absolute atomic E-state index is 14.9. The van der Waals surface area contributed by atoms with Gasteiger partial charge >= 0.3 is 6.18 Å². The van der Waals surface area contributed by atoms with Crippen molar-refractivity contribution in [2.24, 2.45) is 0 Å². The zero-order chi connectivity index (χ0) is 27.8. The number of anilines is 1. The molecule has 1 aliphatic carbocycles. The van der Waals surface area contributed by atoms with Crippen molar-refractivity contribution in [3.63, 3.8) is 0 Å². The maximum Gasteiger partial charge on any atom is 0.416 e. The van der Waals surface area contributed by atoms with Crippen molar-refractivity contribution < 1.29 is 35.5 Å². The van der Waals surface area contributed by atoms with E-state index in [4.69, 9.17) is 4.74 Å². The number of amides is 1. The molecule has 4 rings (SSSR count). The van der Waals surface area contributed by atoms with E-state index in [9.17, 15) is 30.8 Å². The number of fused-ring (bicyclic) bond motifs is 1. The van der Waals surface area contributed by atoms with Crippen LogP contribution in [0.3, 0.4) is 0 Å². The molecule has 204 valence electrons. The van der Waals surface area contributed by atoms with Gasteiger partial charge in [-0.15, -0.1) is 10.2 Å². The molecule has 1 unspecified atom stereocenters. The van der Waals surface area contributed by atoms with Crippen LogP contribution in [-0.4, -0.2) is 37.2 Å². The first-order chi connectivity index (χ1) is 17.8. The fraction of sp³-hybridized carbons (Fsp3) is 0.375. The van der Waals surface area contributed by atoms with Crippen LogP contribution in [0, 0.1) is 5.82 Å². The van der Waals surface area contributed by atoms with E-state index in [1.54, 1.807) is 6.92 Å². The van der Waals surface area contributed by atoms with Gasteiger partial charge < -0.3 is 10.1 Å². The summed E-state index contributed by atoms with van der Waals surface area (Å²) in [7, 11) is -4.30. The molecule has 1 atom stereocenters. The summed E-state index contributed by atoms with van der Waals surface area (Å²) in [6, 6.07) is 4.40. The normalized spacial score (nSPS) is 15.4. The molecule has 0 fully saturated rings.